The van der Waals surface area contributed by atoms with E-state index < -0.39 is 17.6 Å². The number of amides is 2. The van der Waals surface area contributed by atoms with Gasteiger partial charge in [0, 0.05) is 30.9 Å². The second-order valence-corrected chi connectivity index (χ2v) is 4.88. The number of nitrogens with zero attached hydrogens (tertiary/aromatic N) is 1. The molecular weight excluding hydrogens is 331 g/mol. The topological polar surface area (TPSA) is 116 Å². The average Bonchev–Trinajstić information content (AvgIpc) is 2.60. The van der Waals surface area contributed by atoms with Gasteiger partial charge in [-0.2, -0.15) is 0 Å². The van der Waals surface area contributed by atoms with Crippen molar-refractivity contribution in [2.75, 3.05) is 31.9 Å². The third kappa shape index (κ3) is 3.94. The highest BCUT2D eigenvalue weighted by Crippen LogP contribution is 2.26. The maximum Gasteiger partial charge on any atom is 0.275 e. The molecule has 2 aromatic rings. The normalized spacial score (nSPS) is 10.1. The van der Waals surface area contributed by atoms with Crippen LogP contribution >= 0.6 is 0 Å². The van der Waals surface area contributed by atoms with E-state index >= 15 is 0 Å². The van der Waals surface area contributed by atoms with Crippen LogP contribution in [0.5, 0.6) is 11.5 Å². The molecule has 0 radical (unpaired) electrons. The third-order valence-corrected chi connectivity index (χ3v) is 3.30. The Hall–Kier alpha value is -3.36. The summed E-state index contributed by atoms with van der Waals surface area (Å²) in [6, 6.07) is 5.59. The molecule has 1 aromatic carbocycles. The summed E-state index contributed by atoms with van der Waals surface area (Å²) in [5.41, 5.74) is 4.92. The molecule has 0 unspecified atom stereocenters. The smallest absolute Gasteiger partial charge is 0.275 e. The second-order valence-electron chi connectivity index (χ2n) is 4.88. The zero-order valence-corrected chi connectivity index (χ0v) is 13.8. The molecule has 0 atom stereocenters. The zero-order chi connectivity index (χ0) is 18.6. The SMILES string of the molecule is CNc1nc(C(=O)Nc2cc(OC)cc(OC)c2)c(C(N)=O)cc1F. The summed E-state index contributed by atoms with van der Waals surface area (Å²) in [6.45, 7) is 0. The van der Waals surface area contributed by atoms with Crippen LogP contribution in [0.15, 0.2) is 24.3 Å². The van der Waals surface area contributed by atoms with E-state index in [0.717, 1.165) is 6.07 Å². The maximum absolute atomic E-state index is 13.8. The average molecular weight is 348 g/mol. The number of methoxy groups -OCH3 is 2. The number of primary amides is 1. The minimum atomic E-state index is -0.970. The van der Waals surface area contributed by atoms with E-state index in [4.69, 9.17) is 15.2 Å². The largest absolute Gasteiger partial charge is 0.497 e. The Morgan fingerprint density at radius 1 is 1.12 bits per heavy atom. The molecule has 8 nitrogen and oxygen atoms in total. The molecule has 0 aliphatic carbocycles. The summed E-state index contributed by atoms with van der Waals surface area (Å²) in [6.07, 6.45) is 0. The molecule has 2 amide bonds. The van der Waals surface area contributed by atoms with E-state index in [-0.39, 0.29) is 17.1 Å². The molecule has 9 heteroatoms. The molecule has 25 heavy (non-hydrogen) atoms. The van der Waals surface area contributed by atoms with E-state index in [9.17, 15) is 14.0 Å². The van der Waals surface area contributed by atoms with Crippen molar-refractivity contribution >= 4 is 23.3 Å². The van der Waals surface area contributed by atoms with Gasteiger partial charge in [0.15, 0.2) is 11.6 Å². The van der Waals surface area contributed by atoms with Gasteiger partial charge in [-0.05, 0) is 6.07 Å². The van der Waals surface area contributed by atoms with Crippen LogP contribution in [0.1, 0.15) is 20.8 Å². The quantitative estimate of drug-likeness (QED) is 0.731. The van der Waals surface area contributed by atoms with Crippen LogP contribution in [0.4, 0.5) is 15.9 Å². The molecule has 1 heterocycles. The summed E-state index contributed by atoms with van der Waals surface area (Å²) in [7, 11) is 4.36. The predicted octanol–water partition coefficient (Wildman–Crippen LogP) is 1.63. The van der Waals surface area contributed by atoms with Crippen LogP contribution in [0.3, 0.4) is 0 Å². The van der Waals surface area contributed by atoms with E-state index in [0.29, 0.717) is 17.2 Å². The first-order chi connectivity index (χ1) is 11.9. The Balaban J connectivity index is 2.43. The first-order valence-corrected chi connectivity index (χ1v) is 7.12. The highest BCUT2D eigenvalue weighted by atomic mass is 19.1. The van der Waals surface area contributed by atoms with E-state index in [1.807, 2.05) is 0 Å². The molecule has 0 saturated heterocycles. The number of anilines is 2. The molecule has 1 aromatic heterocycles. The van der Waals surface area contributed by atoms with Gasteiger partial charge in [0.1, 0.15) is 17.2 Å². The lowest BCUT2D eigenvalue weighted by atomic mass is 10.1. The van der Waals surface area contributed by atoms with E-state index in [1.54, 1.807) is 18.2 Å². The summed E-state index contributed by atoms with van der Waals surface area (Å²) < 4.78 is 24.0. The van der Waals surface area contributed by atoms with Gasteiger partial charge < -0.3 is 25.8 Å². The summed E-state index contributed by atoms with van der Waals surface area (Å²) >= 11 is 0. The fraction of sp³-hybridized carbons (Fsp3) is 0.188. The van der Waals surface area contributed by atoms with Crippen LogP contribution in [0.25, 0.3) is 0 Å². The zero-order valence-electron chi connectivity index (χ0n) is 13.8. The molecule has 0 spiro atoms. The number of aromatic nitrogens is 1. The number of rotatable bonds is 6. The lowest BCUT2D eigenvalue weighted by Crippen LogP contribution is -2.23. The molecule has 0 aliphatic heterocycles. The van der Waals surface area contributed by atoms with Crippen LogP contribution in [-0.2, 0) is 0 Å². The lowest BCUT2D eigenvalue weighted by molar-refractivity contribution is 0.0973. The fourth-order valence-corrected chi connectivity index (χ4v) is 2.10. The fourth-order valence-electron chi connectivity index (χ4n) is 2.10. The van der Waals surface area contributed by atoms with Gasteiger partial charge in [-0.1, -0.05) is 0 Å². The second kappa shape index (κ2) is 7.47. The third-order valence-electron chi connectivity index (χ3n) is 3.30. The highest BCUT2D eigenvalue weighted by Gasteiger charge is 2.21. The van der Waals surface area contributed by atoms with Crippen molar-refractivity contribution < 1.29 is 23.5 Å². The van der Waals surface area contributed by atoms with Crippen molar-refractivity contribution in [2.24, 2.45) is 5.73 Å². The monoisotopic (exact) mass is 348 g/mol. The molecule has 2 rings (SSSR count). The van der Waals surface area contributed by atoms with E-state index in [1.165, 1.54) is 21.3 Å². The van der Waals surface area contributed by atoms with Crippen molar-refractivity contribution in [3.63, 3.8) is 0 Å². The summed E-state index contributed by atoms with van der Waals surface area (Å²) in [5.74, 6) is -1.78. The minimum absolute atomic E-state index is 0.182. The van der Waals surface area contributed by atoms with E-state index in [2.05, 4.69) is 15.6 Å². The van der Waals surface area contributed by atoms with Gasteiger partial charge >= 0.3 is 0 Å². The molecule has 0 bridgehead atoms. The number of nitrogens with two attached hydrogens (primary N) is 1. The number of carbonyl (C=O) groups is 2. The van der Waals surface area contributed by atoms with Crippen molar-refractivity contribution in [1.82, 2.24) is 4.98 Å². The van der Waals surface area contributed by atoms with Crippen molar-refractivity contribution in [1.29, 1.82) is 0 Å². The van der Waals surface area contributed by atoms with Crippen molar-refractivity contribution in [3.05, 3.63) is 41.3 Å². The van der Waals surface area contributed by atoms with Crippen LogP contribution in [0, 0.1) is 5.82 Å². The van der Waals surface area contributed by atoms with Crippen LogP contribution in [0.2, 0.25) is 0 Å². The molecule has 132 valence electrons. The van der Waals surface area contributed by atoms with Gasteiger partial charge in [0.2, 0.25) is 0 Å². The Morgan fingerprint density at radius 2 is 1.72 bits per heavy atom. The number of nitrogens with one attached hydrogen (secondary N) is 2. The minimum Gasteiger partial charge on any atom is -0.497 e. The first kappa shape index (κ1) is 18.0. The van der Waals surface area contributed by atoms with Crippen LogP contribution in [-0.4, -0.2) is 38.1 Å². The number of benzene rings is 1. The van der Waals surface area contributed by atoms with Gasteiger partial charge in [-0.25, -0.2) is 9.37 Å². The summed E-state index contributed by atoms with van der Waals surface area (Å²) in [4.78, 5) is 27.8. The Morgan fingerprint density at radius 3 is 2.20 bits per heavy atom. The Kier molecular flexibility index (Phi) is 5.38. The van der Waals surface area contributed by atoms with Crippen molar-refractivity contribution in [3.8, 4) is 11.5 Å². The molecular formula is C16H17FN4O4. The number of pyridine rings is 1. The molecule has 4 N–H and O–H groups in total. The van der Waals surface area contributed by atoms with Crippen LogP contribution < -0.4 is 25.8 Å². The van der Waals surface area contributed by atoms with Crippen molar-refractivity contribution in [2.45, 2.75) is 0 Å². The number of ether oxygens (including phenoxy) is 2. The van der Waals surface area contributed by atoms with Gasteiger partial charge in [0.25, 0.3) is 11.8 Å². The number of halogens is 1. The molecule has 0 fully saturated rings. The number of hydrogen-bond acceptors (Lipinski definition) is 6. The molecule has 0 aliphatic rings. The number of carbonyl (C=O) groups excluding carboxylic acids is 2. The Labute approximate surface area is 143 Å². The van der Waals surface area contributed by atoms with Gasteiger partial charge in [0.05, 0.1) is 19.8 Å². The highest BCUT2D eigenvalue weighted by molar-refractivity contribution is 6.10. The maximum atomic E-state index is 13.8. The number of hydrogen-bond donors (Lipinski definition) is 3. The Bertz CT molecular complexity index is 804. The lowest BCUT2D eigenvalue weighted by Gasteiger charge is -2.12. The standard InChI is InChI=1S/C16H17FN4O4/c1-19-15-12(17)7-11(14(18)22)13(21-15)16(23)20-8-4-9(24-2)6-10(5-8)25-3/h4-7H,1-3H3,(H2,18,22)(H,19,21)(H,20,23). The predicted molar refractivity (Wildman–Crippen MR) is 89.8 cm³/mol. The first-order valence-electron chi connectivity index (χ1n) is 7.12. The summed E-state index contributed by atoms with van der Waals surface area (Å²) in [5, 5.41) is 5.05. The van der Waals surface area contributed by atoms with Gasteiger partial charge in [-0.3, -0.25) is 9.59 Å². The van der Waals surface area contributed by atoms with Gasteiger partial charge in [-0.15, -0.1) is 0 Å². The molecule has 0 saturated carbocycles.